The van der Waals surface area contributed by atoms with E-state index in [-0.39, 0.29) is 5.91 Å². The second-order valence-corrected chi connectivity index (χ2v) is 8.13. The third-order valence-electron chi connectivity index (χ3n) is 4.53. The van der Waals surface area contributed by atoms with Crippen LogP contribution in [-0.4, -0.2) is 41.8 Å². The SMILES string of the molecule is COc1cccc(NC(=O)CSc2cc(N3CC(C)CC(C)C3)ncn2)c1. The van der Waals surface area contributed by atoms with Gasteiger partial charge in [-0.1, -0.05) is 31.7 Å². The molecule has 0 radical (unpaired) electrons. The molecule has 2 heterocycles. The van der Waals surface area contributed by atoms with Crippen molar-refractivity contribution in [2.24, 2.45) is 11.8 Å². The highest BCUT2D eigenvalue weighted by molar-refractivity contribution is 7.99. The van der Waals surface area contributed by atoms with Gasteiger partial charge >= 0.3 is 0 Å². The molecule has 2 unspecified atom stereocenters. The van der Waals surface area contributed by atoms with Crippen molar-refractivity contribution in [3.63, 3.8) is 0 Å². The predicted molar refractivity (Wildman–Crippen MR) is 110 cm³/mol. The highest BCUT2D eigenvalue weighted by Gasteiger charge is 2.23. The molecule has 1 saturated heterocycles. The Bertz CT molecular complexity index is 776. The maximum atomic E-state index is 12.2. The molecule has 7 heteroatoms. The number of nitrogens with one attached hydrogen (secondary N) is 1. The fraction of sp³-hybridized carbons (Fsp3) is 0.450. The minimum absolute atomic E-state index is 0.0753. The Morgan fingerprint density at radius 3 is 2.78 bits per heavy atom. The van der Waals surface area contributed by atoms with E-state index in [1.165, 1.54) is 18.2 Å². The number of hydrogen-bond acceptors (Lipinski definition) is 6. The molecule has 3 rings (SSSR count). The van der Waals surface area contributed by atoms with Gasteiger partial charge in [0.15, 0.2) is 0 Å². The monoisotopic (exact) mass is 386 g/mol. The lowest BCUT2D eigenvalue weighted by molar-refractivity contribution is -0.113. The van der Waals surface area contributed by atoms with Crippen LogP contribution >= 0.6 is 11.8 Å². The minimum Gasteiger partial charge on any atom is -0.497 e. The van der Waals surface area contributed by atoms with E-state index in [9.17, 15) is 4.79 Å². The summed E-state index contributed by atoms with van der Waals surface area (Å²) in [6.45, 7) is 6.59. The summed E-state index contributed by atoms with van der Waals surface area (Å²) in [6, 6.07) is 9.30. The molecule has 144 valence electrons. The van der Waals surface area contributed by atoms with Crippen molar-refractivity contribution < 1.29 is 9.53 Å². The smallest absolute Gasteiger partial charge is 0.234 e. The number of aromatic nitrogens is 2. The number of benzene rings is 1. The summed E-state index contributed by atoms with van der Waals surface area (Å²) in [5.74, 6) is 3.20. The number of ether oxygens (including phenoxy) is 1. The van der Waals surface area contributed by atoms with Gasteiger partial charge in [0.2, 0.25) is 5.91 Å². The van der Waals surface area contributed by atoms with E-state index < -0.39 is 0 Å². The minimum atomic E-state index is -0.0753. The number of thioether (sulfide) groups is 1. The van der Waals surface area contributed by atoms with Gasteiger partial charge < -0.3 is 15.0 Å². The molecule has 2 aromatic rings. The first-order valence-corrected chi connectivity index (χ1v) is 10.2. The summed E-state index contributed by atoms with van der Waals surface area (Å²) in [4.78, 5) is 23.3. The second kappa shape index (κ2) is 9.08. The number of methoxy groups -OCH3 is 1. The maximum absolute atomic E-state index is 12.2. The summed E-state index contributed by atoms with van der Waals surface area (Å²) >= 11 is 1.42. The number of carbonyl (C=O) groups excluding carboxylic acids is 1. The van der Waals surface area contributed by atoms with Crippen molar-refractivity contribution in [2.45, 2.75) is 25.3 Å². The quantitative estimate of drug-likeness (QED) is 0.603. The van der Waals surface area contributed by atoms with Gasteiger partial charge in [0.25, 0.3) is 0 Å². The molecule has 1 N–H and O–H groups in total. The van der Waals surface area contributed by atoms with E-state index in [1.54, 1.807) is 19.5 Å². The van der Waals surface area contributed by atoms with Crippen molar-refractivity contribution in [3.05, 3.63) is 36.7 Å². The second-order valence-electron chi connectivity index (χ2n) is 7.13. The van der Waals surface area contributed by atoms with Crippen LogP contribution in [0.15, 0.2) is 41.7 Å². The van der Waals surface area contributed by atoms with Crippen LogP contribution in [0.1, 0.15) is 20.3 Å². The molecule has 1 aromatic carbocycles. The van der Waals surface area contributed by atoms with Crippen molar-refractivity contribution >= 4 is 29.2 Å². The maximum Gasteiger partial charge on any atom is 0.234 e. The molecule has 27 heavy (non-hydrogen) atoms. The Kier molecular flexibility index (Phi) is 6.55. The lowest BCUT2D eigenvalue weighted by atomic mass is 9.92. The van der Waals surface area contributed by atoms with Gasteiger partial charge in [-0.25, -0.2) is 9.97 Å². The van der Waals surface area contributed by atoms with Gasteiger partial charge in [-0.2, -0.15) is 0 Å². The Labute approximate surface area is 164 Å². The van der Waals surface area contributed by atoms with Crippen molar-refractivity contribution in [3.8, 4) is 5.75 Å². The first kappa shape index (κ1) is 19.5. The van der Waals surface area contributed by atoms with Crippen LogP contribution in [0.5, 0.6) is 5.75 Å². The largest absolute Gasteiger partial charge is 0.497 e. The fourth-order valence-corrected chi connectivity index (χ4v) is 4.13. The summed E-state index contributed by atoms with van der Waals surface area (Å²) < 4.78 is 5.17. The molecule has 2 atom stereocenters. The number of nitrogens with zero attached hydrogens (tertiary/aromatic N) is 3. The Balaban J connectivity index is 1.57. The van der Waals surface area contributed by atoms with E-state index in [4.69, 9.17) is 4.74 Å². The number of rotatable bonds is 6. The van der Waals surface area contributed by atoms with E-state index in [1.807, 2.05) is 24.3 Å². The van der Waals surface area contributed by atoms with Gasteiger partial charge in [-0.15, -0.1) is 0 Å². The Morgan fingerprint density at radius 1 is 1.26 bits per heavy atom. The standard InChI is InChI=1S/C20H26N4O2S/c1-14-7-15(2)11-24(10-14)18-9-20(22-13-21-18)27-12-19(25)23-16-5-4-6-17(8-16)26-3/h4-6,8-9,13-15H,7,10-12H2,1-3H3,(H,23,25). The number of hydrogen-bond donors (Lipinski definition) is 1. The van der Waals surface area contributed by atoms with Crippen LogP contribution in [0.2, 0.25) is 0 Å². The van der Waals surface area contributed by atoms with Crippen LogP contribution in [0.4, 0.5) is 11.5 Å². The van der Waals surface area contributed by atoms with E-state index in [2.05, 4.69) is 34.0 Å². The summed E-state index contributed by atoms with van der Waals surface area (Å²) in [7, 11) is 1.60. The average Bonchev–Trinajstić information content (AvgIpc) is 2.66. The average molecular weight is 387 g/mol. The van der Waals surface area contributed by atoms with E-state index in [0.717, 1.165) is 29.6 Å². The molecule has 0 aliphatic carbocycles. The first-order chi connectivity index (χ1) is 13.0. The highest BCUT2D eigenvalue weighted by Crippen LogP contribution is 2.27. The van der Waals surface area contributed by atoms with Crippen molar-refractivity contribution in [2.75, 3.05) is 36.2 Å². The van der Waals surface area contributed by atoms with Gasteiger partial charge in [0.05, 0.1) is 12.9 Å². The van der Waals surface area contributed by atoms with Crippen molar-refractivity contribution in [1.82, 2.24) is 9.97 Å². The van der Waals surface area contributed by atoms with Crippen molar-refractivity contribution in [1.29, 1.82) is 0 Å². The molecule has 0 spiro atoms. The topological polar surface area (TPSA) is 67.3 Å². The van der Waals surface area contributed by atoms with Gasteiger partial charge in [-0.3, -0.25) is 4.79 Å². The molecule has 1 amide bonds. The molecular weight excluding hydrogens is 360 g/mol. The van der Waals surface area contributed by atoms with Crippen LogP contribution < -0.4 is 15.0 Å². The summed E-state index contributed by atoms with van der Waals surface area (Å²) in [5.41, 5.74) is 0.722. The van der Waals surface area contributed by atoms with E-state index >= 15 is 0 Å². The molecular formula is C20H26N4O2S. The number of piperidine rings is 1. The zero-order valence-electron chi connectivity index (χ0n) is 16.0. The van der Waals surface area contributed by atoms with Crippen LogP contribution in [0.25, 0.3) is 0 Å². The molecule has 0 bridgehead atoms. The first-order valence-electron chi connectivity index (χ1n) is 9.17. The van der Waals surface area contributed by atoms with E-state index in [0.29, 0.717) is 23.3 Å². The van der Waals surface area contributed by atoms with Crippen LogP contribution in [0.3, 0.4) is 0 Å². The Morgan fingerprint density at radius 2 is 2.04 bits per heavy atom. The predicted octanol–water partition coefficient (Wildman–Crippen LogP) is 3.70. The zero-order chi connectivity index (χ0) is 19.2. The Hall–Kier alpha value is -2.28. The number of carbonyl (C=O) groups is 1. The third kappa shape index (κ3) is 5.60. The van der Waals surface area contributed by atoms with Crippen LogP contribution in [-0.2, 0) is 4.79 Å². The molecule has 1 aliphatic rings. The lowest BCUT2D eigenvalue weighted by Crippen LogP contribution is -2.39. The molecule has 1 aromatic heterocycles. The summed E-state index contributed by atoms with van der Waals surface area (Å²) in [6.07, 6.45) is 2.84. The molecule has 1 aliphatic heterocycles. The number of anilines is 2. The molecule has 6 nitrogen and oxygen atoms in total. The fourth-order valence-electron chi connectivity index (χ4n) is 3.47. The highest BCUT2D eigenvalue weighted by atomic mass is 32.2. The molecule has 0 saturated carbocycles. The lowest BCUT2D eigenvalue weighted by Gasteiger charge is -2.35. The van der Waals surface area contributed by atoms with Crippen LogP contribution in [0, 0.1) is 11.8 Å². The summed E-state index contributed by atoms with van der Waals surface area (Å²) in [5, 5.41) is 3.69. The normalized spacial score (nSPS) is 19.6. The third-order valence-corrected chi connectivity index (χ3v) is 5.45. The van der Waals surface area contributed by atoms with Gasteiger partial charge in [0, 0.05) is 30.9 Å². The zero-order valence-corrected chi connectivity index (χ0v) is 16.8. The van der Waals surface area contributed by atoms with Gasteiger partial charge in [0.1, 0.15) is 22.9 Å². The number of amides is 1. The van der Waals surface area contributed by atoms with Gasteiger partial charge in [-0.05, 0) is 30.4 Å². The molecule has 1 fully saturated rings.